The van der Waals surface area contributed by atoms with Crippen LogP contribution in [0.5, 0.6) is 0 Å². The van der Waals surface area contributed by atoms with Crippen LogP contribution in [0.1, 0.15) is 30.7 Å². The molecule has 8 heteroatoms. The maximum atomic E-state index is 6.49. The number of benzene rings is 6. The first kappa shape index (κ1) is 41.5. The second-order valence-electron chi connectivity index (χ2n) is 17.6. The molecule has 11 rings (SSSR count). The van der Waals surface area contributed by atoms with E-state index in [-0.39, 0.29) is 20.1 Å². The number of aromatic nitrogens is 4. The van der Waals surface area contributed by atoms with Gasteiger partial charge in [-0.2, -0.15) is 0 Å². The molecule has 5 heterocycles. The Kier molecular flexibility index (Phi) is 11.0. The first-order chi connectivity index (χ1) is 29.5. The Hall–Kier alpha value is -5.86. The largest absolute Gasteiger partial charge is 0.501 e. The minimum Gasteiger partial charge on any atom is -0.501 e. The van der Waals surface area contributed by atoms with Crippen LogP contribution in [0.2, 0.25) is 17.3 Å². The number of nitrogens with zero attached hydrogens (tertiary/aromatic N) is 4. The van der Waals surface area contributed by atoms with Crippen molar-refractivity contribution in [2.75, 3.05) is 0 Å². The Labute approximate surface area is 377 Å². The molecule has 6 nitrogen and oxygen atoms in total. The molecular formula is C54H46GeIrN4O2-2. The van der Waals surface area contributed by atoms with Crippen molar-refractivity contribution >= 4 is 83.5 Å². The molecular weight excluding hydrogens is 1000 g/mol. The summed E-state index contributed by atoms with van der Waals surface area (Å²) in [6, 6.07) is 50.7. The average Bonchev–Trinajstić information content (AvgIpc) is 3.93. The maximum absolute atomic E-state index is 6.49. The normalized spacial score (nSPS) is 11.9. The number of hydrogen-bond donors (Lipinski definition) is 0. The third kappa shape index (κ3) is 7.57. The van der Waals surface area contributed by atoms with Crippen molar-refractivity contribution in [3.63, 3.8) is 0 Å². The Morgan fingerprint density at radius 3 is 2.18 bits per heavy atom. The molecule has 0 atom stereocenters. The summed E-state index contributed by atoms with van der Waals surface area (Å²) in [7, 11) is 0. The number of pyridine rings is 2. The van der Waals surface area contributed by atoms with E-state index in [1.165, 1.54) is 26.3 Å². The summed E-state index contributed by atoms with van der Waals surface area (Å²) in [4.78, 5) is 14.4. The van der Waals surface area contributed by atoms with Crippen LogP contribution in [0.3, 0.4) is 0 Å². The molecule has 0 aliphatic rings. The van der Waals surface area contributed by atoms with Gasteiger partial charge >= 0.3 is 170 Å². The van der Waals surface area contributed by atoms with E-state index in [4.69, 9.17) is 18.8 Å². The Morgan fingerprint density at radius 1 is 0.677 bits per heavy atom. The zero-order valence-electron chi connectivity index (χ0n) is 35.9. The number of para-hydroxylation sites is 3. The molecule has 0 aliphatic carbocycles. The van der Waals surface area contributed by atoms with Crippen LogP contribution >= 0.6 is 0 Å². The SMILES string of the molecule is Cc1ccc2c(n1)oc1c(-c3cc(CC(C)C)[c]([Ge]([CH3])([CH3])[CH3])cn3)[c-]ccc12.Cc1ccc2cc3c(cc2c1)oc1c(-c2nc4ccccc4n2-c2ccccc2)[c-]ccc13.[Ir]. The summed E-state index contributed by atoms with van der Waals surface area (Å²) in [5.74, 6) is 8.73. The van der Waals surface area contributed by atoms with Gasteiger partial charge < -0.3 is 8.98 Å². The Morgan fingerprint density at radius 2 is 1.40 bits per heavy atom. The van der Waals surface area contributed by atoms with E-state index in [0.29, 0.717) is 11.6 Å². The van der Waals surface area contributed by atoms with Crippen molar-refractivity contribution < 1.29 is 28.9 Å². The fraction of sp³-hybridized carbons (Fsp3) is 0.167. The summed E-state index contributed by atoms with van der Waals surface area (Å²) in [6.45, 7) is 8.65. The van der Waals surface area contributed by atoms with Crippen LogP contribution in [-0.2, 0) is 26.5 Å². The van der Waals surface area contributed by atoms with Crippen molar-refractivity contribution in [1.29, 1.82) is 0 Å². The number of aryl methyl sites for hydroxylation is 2. The summed E-state index contributed by atoms with van der Waals surface area (Å²) < 4.78 is 16.3. The summed E-state index contributed by atoms with van der Waals surface area (Å²) >= 11 is -1.99. The number of rotatable bonds is 6. The predicted molar refractivity (Wildman–Crippen MR) is 255 cm³/mol. The van der Waals surface area contributed by atoms with Crippen molar-refractivity contribution in [3.8, 4) is 28.3 Å². The third-order valence-corrected chi connectivity index (χ3v) is 15.8. The van der Waals surface area contributed by atoms with E-state index in [1.807, 2.05) is 61.5 Å². The van der Waals surface area contributed by atoms with Crippen LogP contribution in [0.25, 0.3) is 94.1 Å². The zero-order valence-corrected chi connectivity index (χ0v) is 40.4. The smallest absolute Gasteiger partial charge is 0.121 e. The van der Waals surface area contributed by atoms with Gasteiger partial charge in [0.25, 0.3) is 0 Å². The Balaban J connectivity index is 0.000000158. The molecule has 62 heavy (non-hydrogen) atoms. The minimum atomic E-state index is -1.99. The van der Waals surface area contributed by atoms with Crippen molar-refractivity contribution in [2.24, 2.45) is 5.92 Å². The monoisotopic (exact) mass is 1050 g/mol. The molecule has 5 aromatic heterocycles. The van der Waals surface area contributed by atoms with Gasteiger partial charge in [0.1, 0.15) is 5.58 Å². The Bertz CT molecular complexity index is 3450. The van der Waals surface area contributed by atoms with Crippen molar-refractivity contribution in [1.82, 2.24) is 19.5 Å². The number of imidazole rings is 1. The predicted octanol–water partition coefficient (Wildman–Crippen LogP) is 13.7. The second-order valence-corrected chi connectivity index (χ2v) is 28.1. The minimum absolute atomic E-state index is 0. The van der Waals surface area contributed by atoms with Gasteiger partial charge in [0.05, 0.1) is 22.4 Å². The third-order valence-electron chi connectivity index (χ3n) is 11.5. The van der Waals surface area contributed by atoms with Gasteiger partial charge in [-0.25, -0.2) is 0 Å². The van der Waals surface area contributed by atoms with Crippen molar-refractivity contribution in [3.05, 3.63) is 163 Å². The number of fused-ring (bicyclic) bond motifs is 8. The van der Waals surface area contributed by atoms with Gasteiger partial charge in [-0.15, -0.1) is 18.2 Å². The van der Waals surface area contributed by atoms with Crippen molar-refractivity contribution in [2.45, 2.75) is 51.4 Å². The molecule has 0 N–H and O–H groups in total. The molecule has 0 saturated carbocycles. The molecule has 0 fully saturated rings. The van der Waals surface area contributed by atoms with Gasteiger partial charge in [-0.1, -0.05) is 65.0 Å². The fourth-order valence-corrected chi connectivity index (χ4v) is 12.0. The first-order valence-electron chi connectivity index (χ1n) is 21.0. The maximum Gasteiger partial charge on any atom is 0.121 e. The summed E-state index contributed by atoms with van der Waals surface area (Å²) in [6.07, 6.45) is 3.19. The van der Waals surface area contributed by atoms with E-state index >= 15 is 0 Å². The van der Waals surface area contributed by atoms with Crippen LogP contribution in [0, 0.1) is 31.9 Å². The van der Waals surface area contributed by atoms with E-state index < -0.39 is 13.3 Å². The second kappa shape index (κ2) is 16.4. The molecule has 309 valence electrons. The van der Waals surface area contributed by atoms with Crippen LogP contribution in [0.15, 0.2) is 142 Å². The van der Waals surface area contributed by atoms with Gasteiger partial charge in [-0.05, 0) is 54.1 Å². The first-order valence-corrected chi connectivity index (χ1v) is 28.4. The molecule has 0 saturated heterocycles. The van der Waals surface area contributed by atoms with Gasteiger partial charge in [0.2, 0.25) is 0 Å². The molecule has 0 unspecified atom stereocenters. The fourth-order valence-electron chi connectivity index (χ4n) is 8.62. The van der Waals surface area contributed by atoms with Crippen LogP contribution in [0.4, 0.5) is 0 Å². The topological polar surface area (TPSA) is 69.9 Å². The quantitative estimate of drug-likeness (QED) is 0.123. The summed E-state index contributed by atoms with van der Waals surface area (Å²) in [5.41, 5.74) is 12.6. The van der Waals surface area contributed by atoms with E-state index in [1.54, 1.807) is 0 Å². The molecule has 0 aliphatic heterocycles. The van der Waals surface area contributed by atoms with Gasteiger partial charge in [-0.3, -0.25) is 4.98 Å². The molecule has 0 amide bonds. The molecule has 11 aromatic rings. The standard InChI is InChI=1S/C30H19N2O.C24H27GeN2O.Ir/c1-19-14-15-20-17-25-23-10-7-11-24(29(23)33-28(25)18-21(20)16-19)30-31-26-12-5-6-13-27(26)32(30)22-8-3-2-4-9-22;1-15(2)12-17-13-22(26-14-21(17)25(4,5)6)20-9-7-8-18-19-11-10-16(3)27-24(19)28-23(18)20;/h2-10,12-18H,1H3;7-8,10-11,13-15H,12H2,1-6H3;/q2*-1;. The number of furan rings is 2. The molecule has 1 radical (unpaired) electrons. The average molecular weight is 1050 g/mol. The summed E-state index contributed by atoms with van der Waals surface area (Å²) in [5, 5.41) is 6.69. The molecule has 6 aromatic carbocycles. The van der Waals surface area contributed by atoms with E-state index in [0.717, 1.165) is 89.8 Å². The zero-order chi connectivity index (χ0) is 42.0. The number of hydrogen-bond acceptors (Lipinski definition) is 5. The molecule has 0 bridgehead atoms. The van der Waals surface area contributed by atoms with Gasteiger partial charge in [0, 0.05) is 31.2 Å². The van der Waals surface area contributed by atoms with E-state index in [2.05, 4.69) is 139 Å². The molecule has 0 spiro atoms. The van der Waals surface area contributed by atoms with Crippen LogP contribution < -0.4 is 4.40 Å². The van der Waals surface area contributed by atoms with Gasteiger partial charge in [0.15, 0.2) is 0 Å². The van der Waals surface area contributed by atoms with Crippen LogP contribution in [-0.4, -0.2) is 32.8 Å². The van der Waals surface area contributed by atoms with E-state index in [9.17, 15) is 0 Å².